The van der Waals surface area contributed by atoms with Crippen molar-refractivity contribution in [2.45, 2.75) is 12.8 Å². The van der Waals surface area contributed by atoms with Crippen LogP contribution in [-0.4, -0.2) is 25.7 Å². The zero-order valence-electron chi connectivity index (χ0n) is 9.92. The molecule has 0 saturated carbocycles. The molecule has 1 aliphatic rings. The van der Waals surface area contributed by atoms with Gasteiger partial charge in [0.05, 0.1) is 5.56 Å². The van der Waals surface area contributed by atoms with Crippen molar-refractivity contribution in [2.24, 2.45) is 5.92 Å². The monoisotopic (exact) mass is 331 g/mol. The Hall–Kier alpha value is -0.580. The zero-order chi connectivity index (χ0) is 13.0. The van der Waals surface area contributed by atoms with Crippen molar-refractivity contribution in [3.63, 3.8) is 0 Å². The van der Waals surface area contributed by atoms with Crippen LogP contribution in [0.4, 0.5) is 0 Å². The topological polar surface area (TPSA) is 38.3 Å². The second-order valence-corrected chi connectivity index (χ2v) is 5.68. The first-order valence-electron chi connectivity index (χ1n) is 5.98. The fourth-order valence-corrected chi connectivity index (χ4v) is 2.82. The normalized spacial score (nSPS) is 16.6. The minimum absolute atomic E-state index is 0.0648. The summed E-state index contributed by atoms with van der Waals surface area (Å²) in [5.41, 5.74) is 0.617. The van der Waals surface area contributed by atoms with Gasteiger partial charge in [0.25, 0.3) is 5.91 Å². The first-order valence-corrected chi connectivity index (χ1v) is 7.15. The van der Waals surface area contributed by atoms with E-state index in [4.69, 9.17) is 16.3 Å². The highest BCUT2D eigenvalue weighted by Gasteiger charge is 2.16. The zero-order valence-corrected chi connectivity index (χ0v) is 12.3. The van der Waals surface area contributed by atoms with Crippen molar-refractivity contribution in [2.75, 3.05) is 19.8 Å². The summed E-state index contributed by atoms with van der Waals surface area (Å²) in [5.74, 6) is 0.457. The summed E-state index contributed by atoms with van der Waals surface area (Å²) < 4.78 is 6.01. The van der Waals surface area contributed by atoms with Crippen molar-refractivity contribution in [3.8, 4) is 0 Å². The quantitative estimate of drug-likeness (QED) is 0.922. The highest BCUT2D eigenvalue weighted by Crippen LogP contribution is 2.21. The van der Waals surface area contributed by atoms with E-state index in [9.17, 15) is 4.79 Å². The Kier molecular flexibility index (Phi) is 5.03. The molecule has 0 aliphatic carbocycles. The van der Waals surface area contributed by atoms with Gasteiger partial charge in [0, 0.05) is 29.3 Å². The van der Waals surface area contributed by atoms with Crippen molar-refractivity contribution in [1.29, 1.82) is 0 Å². The smallest absolute Gasteiger partial charge is 0.252 e. The molecule has 1 N–H and O–H groups in total. The van der Waals surface area contributed by atoms with E-state index >= 15 is 0 Å². The van der Waals surface area contributed by atoms with Gasteiger partial charge in [-0.25, -0.2) is 0 Å². The Balaban J connectivity index is 1.90. The molecular weight excluding hydrogens is 318 g/mol. The predicted molar refractivity (Wildman–Crippen MR) is 75.0 cm³/mol. The Morgan fingerprint density at radius 2 is 2.17 bits per heavy atom. The van der Waals surface area contributed by atoms with E-state index in [1.807, 2.05) is 0 Å². The molecule has 3 nitrogen and oxygen atoms in total. The summed E-state index contributed by atoms with van der Waals surface area (Å²) >= 11 is 9.19. The van der Waals surface area contributed by atoms with Gasteiger partial charge >= 0.3 is 0 Å². The van der Waals surface area contributed by atoms with E-state index in [2.05, 4.69) is 21.2 Å². The number of hydrogen-bond donors (Lipinski definition) is 1. The molecule has 0 unspecified atom stereocenters. The molecule has 1 amide bonds. The minimum atomic E-state index is -0.0648. The molecule has 0 aromatic heterocycles. The number of ether oxygens (including phenoxy) is 1. The lowest BCUT2D eigenvalue weighted by molar-refractivity contribution is 0.0642. The third kappa shape index (κ3) is 3.70. The number of halogens is 2. The van der Waals surface area contributed by atoms with Crippen molar-refractivity contribution < 1.29 is 9.53 Å². The average molecular weight is 333 g/mol. The van der Waals surface area contributed by atoms with Crippen molar-refractivity contribution in [1.82, 2.24) is 5.32 Å². The summed E-state index contributed by atoms with van der Waals surface area (Å²) in [5, 5.41) is 3.58. The Labute approximate surface area is 120 Å². The molecule has 1 aliphatic heterocycles. The highest BCUT2D eigenvalue weighted by atomic mass is 79.9. The van der Waals surface area contributed by atoms with Crippen LogP contribution >= 0.6 is 27.5 Å². The van der Waals surface area contributed by atoms with Crippen LogP contribution in [0.1, 0.15) is 23.2 Å². The maximum atomic E-state index is 12.0. The summed E-state index contributed by atoms with van der Waals surface area (Å²) in [6.45, 7) is 2.30. The lowest BCUT2D eigenvalue weighted by Crippen LogP contribution is -2.32. The first kappa shape index (κ1) is 13.8. The van der Waals surface area contributed by atoms with Gasteiger partial charge in [0.15, 0.2) is 0 Å². The second-order valence-electron chi connectivity index (χ2n) is 4.39. The number of carbonyl (C=O) groups is 1. The summed E-state index contributed by atoms with van der Waals surface area (Å²) in [6.07, 6.45) is 2.03. The molecule has 2 rings (SSSR count). The van der Waals surface area contributed by atoms with E-state index in [1.54, 1.807) is 18.2 Å². The molecule has 0 radical (unpaired) electrons. The van der Waals surface area contributed by atoms with E-state index in [0.29, 0.717) is 23.0 Å². The SMILES string of the molecule is O=C(NCC1CCOCC1)c1ccc(Cl)cc1Br. The lowest BCUT2D eigenvalue weighted by Gasteiger charge is -2.22. The fraction of sp³-hybridized carbons (Fsp3) is 0.462. The van der Waals surface area contributed by atoms with Gasteiger partial charge in [-0.1, -0.05) is 11.6 Å². The third-order valence-corrected chi connectivity index (χ3v) is 3.96. The standard InChI is InChI=1S/C13H15BrClNO2/c14-12-7-10(15)1-2-11(12)13(17)16-8-9-3-5-18-6-4-9/h1-2,7,9H,3-6,8H2,(H,16,17). The molecule has 1 aromatic carbocycles. The maximum Gasteiger partial charge on any atom is 0.252 e. The largest absolute Gasteiger partial charge is 0.381 e. The number of hydrogen-bond acceptors (Lipinski definition) is 2. The van der Waals surface area contributed by atoms with Crippen LogP contribution in [0.25, 0.3) is 0 Å². The molecule has 1 saturated heterocycles. The molecular formula is C13H15BrClNO2. The number of nitrogens with one attached hydrogen (secondary N) is 1. The summed E-state index contributed by atoms with van der Waals surface area (Å²) in [7, 11) is 0. The third-order valence-electron chi connectivity index (χ3n) is 3.07. The Bertz CT molecular complexity index is 433. The van der Waals surface area contributed by atoms with Crippen LogP contribution < -0.4 is 5.32 Å². The van der Waals surface area contributed by atoms with Gasteiger partial charge in [-0.3, -0.25) is 4.79 Å². The Morgan fingerprint density at radius 1 is 1.44 bits per heavy atom. The van der Waals surface area contributed by atoms with Crippen LogP contribution in [0.2, 0.25) is 5.02 Å². The molecule has 1 aromatic rings. The number of rotatable bonds is 3. The van der Waals surface area contributed by atoms with Crippen LogP contribution in [0.15, 0.2) is 22.7 Å². The molecule has 1 fully saturated rings. The molecule has 98 valence electrons. The van der Waals surface area contributed by atoms with Gasteiger partial charge < -0.3 is 10.1 Å². The van der Waals surface area contributed by atoms with Gasteiger partial charge in [-0.15, -0.1) is 0 Å². The van der Waals surface area contributed by atoms with Crippen molar-refractivity contribution >= 4 is 33.4 Å². The van der Waals surface area contributed by atoms with E-state index in [0.717, 1.165) is 30.5 Å². The van der Waals surface area contributed by atoms with Gasteiger partial charge in [-0.2, -0.15) is 0 Å². The van der Waals surface area contributed by atoms with E-state index < -0.39 is 0 Å². The molecule has 0 atom stereocenters. The maximum absolute atomic E-state index is 12.0. The first-order chi connectivity index (χ1) is 8.66. The minimum Gasteiger partial charge on any atom is -0.381 e. The van der Waals surface area contributed by atoms with Crippen molar-refractivity contribution in [3.05, 3.63) is 33.3 Å². The summed E-state index contributed by atoms with van der Waals surface area (Å²) in [6, 6.07) is 5.17. The second kappa shape index (κ2) is 6.55. The average Bonchev–Trinajstić information content (AvgIpc) is 2.37. The van der Waals surface area contributed by atoms with E-state index in [-0.39, 0.29) is 5.91 Å². The van der Waals surface area contributed by atoms with E-state index in [1.165, 1.54) is 0 Å². The van der Waals surface area contributed by atoms with Gasteiger partial charge in [-0.05, 0) is 52.9 Å². The van der Waals surface area contributed by atoms with Crippen LogP contribution in [0, 0.1) is 5.92 Å². The fourth-order valence-electron chi connectivity index (χ4n) is 1.96. The molecule has 0 spiro atoms. The number of carbonyl (C=O) groups excluding carboxylic acids is 1. The molecule has 0 bridgehead atoms. The number of amides is 1. The molecule has 18 heavy (non-hydrogen) atoms. The number of benzene rings is 1. The van der Waals surface area contributed by atoms with Crippen LogP contribution in [0.3, 0.4) is 0 Å². The predicted octanol–water partition coefficient (Wildman–Crippen LogP) is 3.26. The van der Waals surface area contributed by atoms with Gasteiger partial charge in [0.2, 0.25) is 0 Å². The summed E-state index contributed by atoms with van der Waals surface area (Å²) in [4.78, 5) is 12.0. The molecule has 5 heteroatoms. The highest BCUT2D eigenvalue weighted by molar-refractivity contribution is 9.10. The molecule has 1 heterocycles. The van der Waals surface area contributed by atoms with Crippen LogP contribution in [-0.2, 0) is 4.74 Å². The van der Waals surface area contributed by atoms with Gasteiger partial charge in [0.1, 0.15) is 0 Å². The Morgan fingerprint density at radius 3 is 2.83 bits per heavy atom. The van der Waals surface area contributed by atoms with Crippen LogP contribution in [0.5, 0.6) is 0 Å². The lowest BCUT2D eigenvalue weighted by atomic mass is 10.0.